The van der Waals surface area contributed by atoms with Gasteiger partial charge in [-0.2, -0.15) is 0 Å². The van der Waals surface area contributed by atoms with Gasteiger partial charge in [0.2, 0.25) is 5.88 Å². The number of nitrogens with zero attached hydrogens (tertiary/aromatic N) is 2. The highest BCUT2D eigenvalue weighted by molar-refractivity contribution is 7.99. The molecule has 0 amide bonds. The van der Waals surface area contributed by atoms with Gasteiger partial charge in [-0.25, -0.2) is 18.4 Å². The molecule has 176 valence electrons. The summed E-state index contributed by atoms with van der Waals surface area (Å²) in [6.07, 6.45) is 1.48. The summed E-state index contributed by atoms with van der Waals surface area (Å²) in [6, 6.07) is 14.1. The molecule has 0 aliphatic heterocycles. The molecule has 2 N–H and O–H groups in total. The largest absolute Gasteiger partial charge is 0.496 e. The lowest BCUT2D eigenvalue weighted by Crippen LogP contribution is -2.17. The van der Waals surface area contributed by atoms with Crippen LogP contribution in [-0.4, -0.2) is 49.1 Å². The Morgan fingerprint density at radius 3 is 2.48 bits per heavy atom. The molecule has 3 aromatic rings. The minimum atomic E-state index is -3.91. The Morgan fingerprint density at radius 2 is 1.82 bits per heavy atom. The van der Waals surface area contributed by atoms with Crippen LogP contribution < -0.4 is 14.2 Å². The molecule has 8 nitrogen and oxygen atoms in total. The summed E-state index contributed by atoms with van der Waals surface area (Å²) in [7, 11) is -2.35. The number of rotatable bonds is 11. The molecule has 2 aromatic carbocycles. The van der Waals surface area contributed by atoms with E-state index in [0.29, 0.717) is 16.6 Å². The Bertz CT molecular complexity index is 1170. The number of ether oxygens (including phenoxy) is 2. The summed E-state index contributed by atoms with van der Waals surface area (Å²) >= 11 is 1.65. The Morgan fingerprint density at radius 1 is 1.09 bits per heavy atom. The number of hydrogen-bond donors (Lipinski definition) is 2. The summed E-state index contributed by atoms with van der Waals surface area (Å²) in [4.78, 5) is 9.43. The zero-order valence-electron chi connectivity index (χ0n) is 18.7. The van der Waals surface area contributed by atoms with Gasteiger partial charge < -0.3 is 14.6 Å². The van der Waals surface area contributed by atoms with Crippen molar-refractivity contribution in [2.24, 2.45) is 0 Å². The predicted molar refractivity (Wildman–Crippen MR) is 129 cm³/mol. The van der Waals surface area contributed by atoms with E-state index in [1.807, 2.05) is 24.3 Å². The molecule has 1 heterocycles. The minimum absolute atomic E-state index is 0.0110. The summed E-state index contributed by atoms with van der Waals surface area (Å²) in [5, 5.41) is 9.56. The molecule has 0 saturated heterocycles. The number of nitrogens with one attached hydrogen (secondary N) is 1. The first-order valence-corrected chi connectivity index (χ1v) is 12.7. The maximum Gasteiger partial charge on any atom is 0.263 e. The lowest BCUT2D eigenvalue weighted by molar-refractivity contribution is 0.195. The van der Waals surface area contributed by atoms with Crippen molar-refractivity contribution >= 4 is 27.6 Å². The van der Waals surface area contributed by atoms with Gasteiger partial charge in [0, 0.05) is 16.6 Å². The van der Waals surface area contributed by atoms with Crippen molar-refractivity contribution in [1.82, 2.24) is 9.97 Å². The van der Waals surface area contributed by atoms with Gasteiger partial charge in [0.15, 0.2) is 5.82 Å². The van der Waals surface area contributed by atoms with Gasteiger partial charge in [-0.3, -0.25) is 4.72 Å². The molecule has 0 saturated carbocycles. The second-order valence-electron chi connectivity index (χ2n) is 7.31. The zero-order valence-corrected chi connectivity index (χ0v) is 20.3. The van der Waals surface area contributed by atoms with Crippen LogP contribution in [0.15, 0.2) is 64.6 Å². The highest BCUT2D eigenvalue weighted by Gasteiger charge is 2.21. The van der Waals surface area contributed by atoms with Crippen LogP contribution in [-0.2, 0) is 16.4 Å². The van der Waals surface area contributed by atoms with Gasteiger partial charge in [-0.1, -0.05) is 32.0 Å². The van der Waals surface area contributed by atoms with Crippen LogP contribution in [0.4, 0.5) is 5.82 Å². The van der Waals surface area contributed by atoms with E-state index in [2.05, 4.69) is 28.5 Å². The van der Waals surface area contributed by atoms with Crippen LogP contribution >= 0.6 is 11.8 Å². The van der Waals surface area contributed by atoms with Gasteiger partial charge in [-0.15, -0.1) is 11.8 Å². The Balaban J connectivity index is 1.96. The smallest absolute Gasteiger partial charge is 0.263 e. The quantitative estimate of drug-likeness (QED) is 0.392. The van der Waals surface area contributed by atoms with Crippen LogP contribution in [0, 0.1) is 0 Å². The van der Waals surface area contributed by atoms with Gasteiger partial charge in [-0.05, 0) is 35.9 Å². The number of aliphatic hydroxyl groups is 1. The molecule has 0 spiro atoms. The lowest BCUT2D eigenvalue weighted by atomic mass is 10.1. The molecule has 0 aliphatic rings. The fraction of sp³-hybridized carbons (Fsp3) is 0.304. The van der Waals surface area contributed by atoms with Crippen molar-refractivity contribution in [3.63, 3.8) is 0 Å². The second kappa shape index (κ2) is 11.4. The molecule has 0 radical (unpaired) electrons. The van der Waals surface area contributed by atoms with Crippen LogP contribution in [0.5, 0.6) is 11.6 Å². The van der Waals surface area contributed by atoms with Gasteiger partial charge in [0.1, 0.15) is 18.7 Å². The number of hydrogen-bond acceptors (Lipinski definition) is 8. The standard InChI is InChI=1S/C23H27N3O5S2/c1-16(2)32-18-8-10-19(11-9-18)33(28,29)26-22-20(23(25-15-24-22)31-13-12-27)14-17-6-4-5-7-21(17)30-3/h4-11,15-16,27H,12-14H2,1-3H3,(H,24,25,26). The van der Waals surface area contributed by atoms with Crippen LogP contribution in [0.3, 0.4) is 0 Å². The molecule has 1 aromatic heterocycles. The molecular weight excluding hydrogens is 462 g/mol. The third kappa shape index (κ3) is 6.59. The number of aliphatic hydroxyl groups excluding tert-OH is 1. The number of sulfonamides is 1. The summed E-state index contributed by atoms with van der Waals surface area (Å²) in [5.74, 6) is 0.928. The van der Waals surface area contributed by atoms with E-state index in [9.17, 15) is 13.5 Å². The molecule has 3 rings (SSSR count). The Kier molecular flexibility index (Phi) is 8.54. The van der Waals surface area contributed by atoms with E-state index in [0.717, 1.165) is 10.5 Å². The average Bonchev–Trinajstić information content (AvgIpc) is 2.79. The highest BCUT2D eigenvalue weighted by atomic mass is 32.2. The number of benzene rings is 2. The van der Waals surface area contributed by atoms with Crippen molar-refractivity contribution in [2.45, 2.75) is 35.3 Å². The second-order valence-corrected chi connectivity index (χ2v) is 10.6. The third-order valence-electron chi connectivity index (χ3n) is 4.53. The van der Waals surface area contributed by atoms with Crippen molar-refractivity contribution in [1.29, 1.82) is 0 Å². The van der Waals surface area contributed by atoms with Gasteiger partial charge in [0.25, 0.3) is 10.0 Å². The monoisotopic (exact) mass is 489 g/mol. The fourth-order valence-corrected chi connectivity index (χ4v) is 4.99. The number of anilines is 1. The van der Waals surface area contributed by atoms with Gasteiger partial charge in [0.05, 0.1) is 24.2 Å². The molecule has 0 bridgehead atoms. The highest BCUT2D eigenvalue weighted by Crippen LogP contribution is 2.31. The topological polar surface area (TPSA) is 111 Å². The first-order valence-electron chi connectivity index (χ1n) is 10.3. The van der Waals surface area contributed by atoms with E-state index >= 15 is 0 Å². The van der Waals surface area contributed by atoms with Crippen molar-refractivity contribution in [3.05, 3.63) is 66.0 Å². The SMILES string of the molecule is COc1ccccc1Cc1c(NS(=O)(=O)c2ccc(SC(C)C)cc2)ncnc1OCCO. The van der Waals surface area contributed by atoms with E-state index < -0.39 is 10.0 Å². The maximum absolute atomic E-state index is 13.1. The van der Waals surface area contributed by atoms with Crippen LogP contribution in [0.2, 0.25) is 0 Å². The molecule has 33 heavy (non-hydrogen) atoms. The van der Waals surface area contributed by atoms with Crippen LogP contribution in [0.25, 0.3) is 0 Å². The zero-order chi connectivity index (χ0) is 23.8. The Labute approximate surface area is 198 Å². The predicted octanol–water partition coefficient (Wildman–Crippen LogP) is 3.75. The van der Waals surface area contributed by atoms with Crippen LogP contribution in [0.1, 0.15) is 25.0 Å². The van der Waals surface area contributed by atoms with E-state index in [1.165, 1.54) is 6.33 Å². The summed E-state index contributed by atoms with van der Waals surface area (Å²) in [5.41, 5.74) is 1.24. The van der Waals surface area contributed by atoms with Crippen molar-refractivity contribution < 1.29 is 23.0 Å². The maximum atomic E-state index is 13.1. The molecule has 0 atom stereocenters. The molecule has 0 aliphatic carbocycles. The lowest BCUT2D eigenvalue weighted by Gasteiger charge is -2.16. The van der Waals surface area contributed by atoms with Crippen molar-refractivity contribution in [2.75, 3.05) is 25.0 Å². The fourth-order valence-electron chi connectivity index (χ4n) is 3.11. The summed E-state index contributed by atoms with van der Waals surface area (Å²) < 4.78 is 39.8. The van der Waals surface area contributed by atoms with E-state index in [-0.39, 0.29) is 36.2 Å². The molecule has 0 fully saturated rings. The normalized spacial score (nSPS) is 11.4. The Hall–Kier alpha value is -2.82. The average molecular weight is 490 g/mol. The van der Waals surface area contributed by atoms with E-state index in [4.69, 9.17) is 9.47 Å². The number of aromatic nitrogens is 2. The number of thioether (sulfide) groups is 1. The minimum Gasteiger partial charge on any atom is -0.496 e. The molecular formula is C23H27N3O5S2. The molecule has 0 unspecified atom stereocenters. The first kappa shape index (κ1) is 24.8. The first-order chi connectivity index (χ1) is 15.8. The van der Waals surface area contributed by atoms with Crippen molar-refractivity contribution in [3.8, 4) is 11.6 Å². The third-order valence-corrected chi connectivity index (χ3v) is 6.90. The van der Waals surface area contributed by atoms with Gasteiger partial charge >= 0.3 is 0 Å². The number of methoxy groups -OCH3 is 1. The summed E-state index contributed by atoms with van der Waals surface area (Å²) in [6.45, 7) is 3.95. The number of para-hydroxylation sites is 1. The molecule has 10 heteroatoms. The van der Waals surface area contributed by atoms with E-state index in [1.54, 1.807) is 43.1 Å².